The number of carboxylic acid groups (broad SMARTS) is 1. The van der Waals surface area contributed by atoms with E-state index >= 15 is 0 Å². The highest BCUT2D eigenvalue weighted by Crippen LogP contribution is 2.09. The summed E-state index contributed by atoms with van der Waals surface area (Å²) in [5, 5.41) is 20.2. The first kappa shape index (κ1) is 18.2. The van der Waals surface area contributed by atoms with Crippen LogP contribution in [0.25, 0.3) is 0 Å². The molecule has 0 spiro atoms. The van der Waals surface area contributed by atoms with E-state index in [1.807, 2.05) is 6.07 Å². The third-order valence-corrected chi connectivity index (χ3v) is 2.94. The average Bonchev–Trinajstić information content (AvgIpc) is 2.38. The van der Waals surface area contributed by atoms with Gasteiger partial charge >= 0.3 is 12.0 Å². The Kier molecular flexibility index (Phi) is 9.13. The molecule has 1 unspecified atom stereocenters. The van der Waals surface area contributed by atoms with Crippen molar-refractivity contribution >= 4 is 12.0 Å². The number of rotatable bonds is 9. The van der Waals surface area contributed by atoms with Crippen LogP contribution in [0, 0.1) is 23.2 Å². The molecule has 0 bridgehead atoms. The van der Waals surface area contributed by atoms with Crippen LogP contribution in [-0.4, -0.2) is 55.4 Å². The van der Waals surface area contributed by atoms with E-state index in [2.05, 4.69) is 5.32 Å². The van der Waals surface area contributed by atoms with Crippen LogP contribution in [0.1, 0.15) is 20.3 Å². The van der Waals surface area contributed by atoms with Crippen molar-refractivity contribution in [3.8, 4) is 6.07 Å². The average molecular weight is 285 g/mol. The first-order valence-electron chi connectivity index (χ1n) is 6.55. The van der Waals surface area contributed by atoms with E-state index in [1.54, 1.807) is 13.8 Å². The maximum atomic E-state index is 12.0. The molecule has 0 saturated heterocycles. The van der Waals surface area contributed by atoms with Gasteiger partial charge in [0.15, 0.2) is 0 Å². The Bertz CT molecular complexity index is 352. The van der Waals surface area contributed by atoms with E-state index in [1.165, 1.54) is 12.0 Å². The van der Waals surface area contributed by atoms with Gasteiger partial charge in [-0.05, 0) is 5.92 Å². The second kappa shape index (κ2) is 10.0. The number of ether oxygens (including phenoxy) is 1. The molecule has 0 aromatic rings. The monoisotopic (exact) mass is 285 g/mol. The fraction of sp³-hybridized carbons (Fsp3) is 0.769. The minimum atomic E-state index is -0.930. The summed E-state index contributed by atoms with van der Waals surface area (Å²) in [6, 6.07) is 1.60. The van der Waals surface area contributed by atoms with Crippen LogP contribution in [0.3, 0.4) is 0 Å². The number of nitrogens with one attached hydrogen (secondary N) is 1. The number of amides is 2. The molecule has 7 heteroatoms. The summed E-state index contributed by atoms with van der Waals surface area (Å²) in [4.78, 5) is 24.5. The molecule has 2 N–H and O–H groups in total. The molecular formula is C13H23N3O4. The number of hydrogen-bond acceptors (Lipinski definition) is 4. The SMILES string of the molecule is COCCN(CCC#N)C(=O)NCC(C(=O)O)C(C)C. The smallest absolute Gasteiger partial charge is 0.317 e. The number of nitrogens with zero attached hydrogens (tertiary/aromatic N) is 2. The lowest BCUT2D eigenvalue weighted by molar-refractivity contribution is -0.142. The van der Waals surface area contributed by atoms with E-state index in [4.69, 9.17) is 15.1 Å². The summed E-state index contributed by atoms with van der Waals surface area (Å²) >= 11 is 0. The van der Waals surface area contributed by atoms with Gasteiger partial charge in [-0.1, -0.05) is 13.8 Å². The van der Waals surface area contributed by atoms with Crippen LogP contribution in [0.4, 0.5) is 4.79 Å². The lowest BCUT2D eigenvalue weighted by atomic mass is 9.96. The lowest BCUT2D eigenvalue weighted by Gasteiger charge is -2.23. The number of methoxy groups -OCH3 is 1. The molecule has 0 saturated carbocycles. The molecule has 0 heterocycles. The third kappa shape index (κ3) is 6.95. The Morgan fingerprint density at radius 2 is 2.05 bits per heavy atom. The van der Waals surface area contributed by atoms with Gasteiger partial charge in [-0.15, -0.1) is 0 Å². The molecule has 0 aromatic carbocycles. The van der Waals surface area contributed by atoms with Gasteiger partial charge in [0.1, 0.15) is 0 Å². The van der Waals surface area contributed by atoms with Crippen molar-refractivity contribution in [1.82, 2.24) is 10.2 Å². The second-order valence-electron chi connectivity index (χ2n) is 4.76. The normalized spacial score (nSPS) is 11.8. The van der Waals surface area contributed by atoms with Crippen molar-refractivity contribution in [2.75, 3.05) is 33.4 Å². The number of carboxylic acids is 1. The van der Waals surface area contributed by atoms with Gasteiger partial charge in [0.2, 0.25) is 0 Å². The minimum Gasteiger partial charge on any atom is -0.481 e. The Hall–Kier alpha value is -1.81. The largest absolute Gasteiger partial charge is 0.481 e. The van der Waals surface area contributed by atoms with Crippen molar-refractivity contribution in [2.24, 2.45) is 11.8 Å². The zero-order valence-electron chi connectivity index (χ0n) is 12.3. The number of hydrogen-bond donors (Lipinski definition) is 2. The Balaban J connectivity index is 4.43. The topological polar surface area (TPSA) is 103 Å². The fourth-order valence-corrected chi connectivity index (χ4v) is 1.62. The molecule has 0 radical (unpaired) electrons. The zero-order valence-corrected chi connectivity index (χ0v) is 12.3. The molecule has 0 rings (SSSR count). The molecule has 114 valence electrons. The van der Waals surface area contributed by atoms with E-state index in [-0.39, 0.29) is 24.9 Å². The van der Waals surface area contributed by atoms with Crippen molar-refractivity contribution in [3.63, 3.8) is 0 Å². The van der Waals surface area contributed by atoms with Crippen molar-refractivity contribution in [1.29, 1.82) is 5.26 Å². The summed E-state index contributed by atoms with van der Waals surface area (Å²) in [6.45, 7) is 4.69. The highest BCUT2D eigenvalue weighted by Gasteiger charge is 2.23. The molecule has 1 atom stereocenters. The summed E-state index contributed by atoms with van der Waals surface area (Å²) in [6.07, 6.45) is 0.226. The van der Waals surface area contributed by atoms with Crippen LogP contribution < -0.4 is 5.32 Å². The van der Waals surface area contributed by atoms with Crippen molar-refractivity contribution in [2.45, 2.75) is 20.3 Å². The molecule has 0 aliphatic rings. The number of aliphatic carboxylic acids is 1. The maximum absolute atomic E-state index is 12.0. The molecule has 0 aliphatic heterocycles. The number of carbonyl (C=O) groups is 2. The van der Waals surface area contributed by atoms with Crippen LogP contribution in [0.5, 0.6) is 0 Å². The molecule has 0 aromatic heterocycles. The van der Waals surface area contributed by atoms with Crippen LogP contribution in [0.2, 0.25) is 0 Å². The van der Waals surface area contributed by atoms with Gasteiger partial charge < -0.3 is 20.1 Å². The predicted molar refractivity (Wildman–Crippen MR) is 73.0 cm³/mol. The first-order valence-corrected chi connectivity index (χ1v) is 6.55. The number of nitriles is 1. The van der Waals surface area contributed by atoms with Gasteiger partial charge in [0.25, 0.3) is 0 Å². The lowest BCUT2D eigenvalue weighted by Crippen LogP contribution is -2.45. The van der Waals surface area contributed by atoms with Crippen LogP contribution >= 0.6 is 0 Å². The molecule has 2 amide bonds. The summed E-state index contributed by atoms with van der Waals surface area (Å²) in [7, 11) is 1.53. The molecule has 0 fully saturated rings. The molecule has 20 heavy (non-hydrogen) atoms. The highest BCUT2D eigenvalue weighted by atomic mass is 16.5. The van der Waals surface area contributed by atoms with Gasteiger partial charge in [0.05, 0.1) is 25.0 Å². The van der Waals surface area contributed by atoms with Crippen LogP contribution in [0.15, 0.2) is 0 Å². The van der Waals surface area contributed by atoms with Gasteiger partial charge in [-0.3, -0.25) is 4.79 Å². The molecule has 7 nitrogen and oxygen atoms in total. The number of urea groups is 1. The zero-order chi connectivity index (χ0) is 15.5. The maximum Gasteiger partial charge on any atom is 0.317 e. The predicted octanol–water partition coefficient (Wildman–Crippen LogP) is 0.915. The Morgan fingerprint density at radius 3 is 2.50 bits per heavy atom. The number of carbonyl (C=O) groups excluding carboxylic acids is 1. The van der Waals surface area contributed by atoms with Gasteiger partial charge in [-0.2, -0.15) is 5.26 Å². The van der Waals surface area contributed by atoms with Crippen molar-refractivity contribution < 1.29 is 19.4 Å². The summed E-state index contributed by atoms with van der Waals surface area (Å²) in [5.41, 5.74) is 0. The quantitative estimate of drug-likeness (QED) is 0.655. The summed E-state index contributed by atoms with van der Waals surface area (Å²) < 4.78 is 4.91. The van der Waals surface area contributed by atoms with Gasteiger partial charge in [-0.25, -0.2) is 4.79 Å². The fourth-order valence-electron chi connectivity index (χ4n) is 1.62. The minimum absolute atomic E-state index is 0.0701. The third-order valence-electron chi connectivity index (χ3n) is 2.94. The van der Waals surface area contributed by atoms with Gasteiger partial charge in [0, 0.05) is 26.7 Å². The van der Waals surface area contributed by atoms with E-state index in [9.17, 15) is 9.59 Å². The Labute approximate surface area is 119 Å². The standard InChI is InChI=1S/C13H23N3O4/c1-10(2)11(12(17)18)9-15-13(19)16(6-4-5-14)7-8-20-3/h10-11H,4,6-9H2,1-3H3,(H,15,19)(H,17,18). The van der Waals surface area contributed by atoms with Crippen LogP contribution in [-0.2, 0) is 9.53 Å². The molecular weight excluding hydrogens is 262 g/mol. The van der Waals surface area contributed by atoms with E-state index in [0.717, 1.165) is 0 Å². The second-order valence-corrected chi connectivity index (χ2v) is 4.76. The van der Waals surface area contributed by atoms with E-state index < -0.39 is 11.9 Å². The van der Waals surface area contributed by atoms with E-state index in [0.29, 0.717) is 19.7 Å². The first-order chi connectivity index (χ1) is 9.43. The van der Waals surface area contributed by atoms with Crippen molar-refractivity contribution in [3.05, 3.63) is 0 Å². The molecule has 0 aliphatic carbocycles. The summed E-state index contributed by atoms with van der Waals surface area (Å²) in [5.74, 6) is -1.63. The Morgan fingerprint density at radius 1 is 1.40 bits per heavy atom. The highest BCUT2D eigenvalue weighted by molar-refractivity contribution is 5.76.